The second-order valence-electron chi connectivity index (χ2n) is 3.16. The van der Waals surface area contributed by atoms with E-state index in [0.717, 1.165) is 18.2 Å². The largest absolute Gasteiger partial charge is 0.327 e. The molecule has 1 unspecified atom stereocenters. The first-order valence-corrected chi connectivity index (χ1v) is 6.30. The maximum absolute atomic E-state index is 11.8. The Morgan fingerprint density at radius 2 is 2.50 bits per heavy atom. The van der Waals surface area contributed by atoms with E-state index in [1.54, 1.807) is 6.66 Å². The van der Waals surface area contributed by atoms with Gasteiger partial charge in [-0.3, -0.25) is 4.57 Å². The summed E-state index contributed by atoms with van der Waals surface area (Å²) in [5.41, 5.74) is 5.69. The molecule has 0 spiro atoms. The van der Waals surface area contributed by atoms with Crippen molar-refractivity contribution in [3.8, 4) is 0 Å². The van der Waals surface area contributed by atoms with E-state index < -0.39 is 7.37 Å². The highest BCUT2D eigenvalue weighted by molar-refractivity contribution is 7.62. The lowest BCUT2D eigenvalue weighted by Gasteiger charge is -2.14. The maximum atomic E-state index is 11.8. The summed E-state index contributed by atoms with van der Waals surface area (Å²) in [4.78, 5) is 0. The van der Waals surface area contributed by atoms with Gasteiger partial charge in [-0.25, -0.2) is 0 Å². The van der Waals surface area contributed by atoms with Crippen LogP contribution in [0, 0.1) is 0 Å². The van der Waals surface area contributed by atoms with E-state index in [-0.39, 0.29) is 6.04 Å². The Kier molecular flexibility index (Phi) is 3.10. The van der Waals surface area contributed by atoms with Crippen LogP contribution in [0.5, 0.6) is 0 Å². The van der Waals surface area contributed by atoms with Gasteiger partial charge in [0, 0.05) is 18.0 Å². The molecule has 0 aromatic carbocycles. The Hall–Kier alpha value is -0.110. The lowest BCUT2D eigenvalue weighted by Crippen LogP contribution is -2.14. The van der Waals surface area contributed by atoms with Crippen LogP contribution in [0.2, 0.25) is 0 Å². The van der Waals surface area contributed by atoms with Gasteiger partial charge in [0.15, 0.2) is 0 Å². The Labute approximate surface area is 73.4 Å². The minimum absolute atomic E-state index is 0.147. The molecule has 0 aromatic rings. The summed E-state index contributed by atoms with van der Waals surface area (Å²) in [5, 5.41) is 0.914. The molecule has 70 valence electrons. The fourth-order valence-corrected chi connectivity index (χ4v) is 3.05. The van der Waals surface area contributed by atoms with Crippen molar-refractivity contribution in [3.63, 3.8) is 0 Å². The molecule has 0 aliphatic heterocycles. The molecule has 2 N–H and O–H groups in total. The van der Waals surface area contributed by atoms with Crippen molar-refractivity contribution in [2.75, 3.05) is 13.3 Å². The van der Waals surface area contributed by atoms with E-state index in [1.807, 2.05) is 13.0 Å². The van der Waals surface area contributed by atoms with Gasteiger partial charge < -0.3 is 10.3 Å². The number of nitrogens with two attached hydrogens (primary N) is 1. The smallest absolute Gasteiger partial charge is 0.224 e. The number of rotatable bonds is 3. The van der Waals surface area contributed by atoms with Gasteiger partial charge in [-0.15, -0.1) is 0 Å². The molecule has 2 atom stereocenters. The van der Waals surface area contributed by atoms with Crippen molar-refractivity contribution < 1.29 is 9.09 Å². The van der Waals surface area contributed by atoms with Gasteiger partial charge in [-0.1, -0.05) is 6.08 Å². The quantitative estimate of drug-likeness (QED) is 0.690. The van der Waals surface area contributed by atoms with Crippen LogP contribution in [-0.2, 0) is 9.09 Å². The van der Waals surface area contributed by atoms with Gasteiger partial charge in [-0.2, -0.15) is 0 Å². The van der Waals surface area contributed by atoms with Gasteiger partial charge in [0.25, 0.3) is 0 Å². The third-order valence-electron chi connectivity index (χ3n) is 2.02. The Morgan fingerprint density at radius 3 is 2.92 bits per heavy atom. The lowest BCUT2D eigenvalue weighted by atomic mass is 10.3. The van der Waals surface area contributed by atoms with Crippen LogP contribution >= 0.6 is 7.37 Å². The number of hydrogen-bond donors (Lipinski definition) is 1. The van der Waals surface area contributed by atoms with Crippen molar-refractivity contribution >= 4 is 7.37 Å². The average Bonchev–Trinajstić information content (AvgIpc) is 2.36. The molecule has 4 heteroatoms. The molecule has 0 saturated carbocycles. The molecule has 12 heavy (non-hydrogen) atoms. The normalized spacial score (nSPS) is 28.2. The summed E-state index contributed by atoms with van der Waals surface area (Å²) in [6, 6.07) is 0.147. The summed E-state index contributed by atoms with van der Waals surface area (Å²) in [6.45, 7) is 4.02. The molecule has 1 rings (SSSR count). The molecule has 0 bridgehead atoms. The highest BCUT2D eigenvalue weighted by atomic mass is 31.2. The maximum Gasteiger partial charge on any atom is 0.224 e. The highest BCUT2D eigenvalue weighted by Crippen LogP contribution is 2.54. The predicted octanol–water partition coefficient (Wildman–Crippen LogP) is 1.94. The van der Waals surface area contributed by atoms with Crippen molar-refractivity contribution in [2.45, 2.75) is 25.8 Å². The molecule has 1 aliphatic carbocycles. The van der Waals surface area contributed by atoms with Gasteiger partial charge in [0.1, 0.15) is 0 Å². The van der Waals surface area contributed by atoms with Crippen LogP contribution < -0.4 is 5.73 Å². The topological polar surface area (TPSA) is 52.3 Å². The lowest BCUT2D eigenvalue weighted by molar-refractivity contribution is 0.341. The Bertz CT molecular complexity index is 237. The van der Waals surface area contributed by atoms with Crippen LogP contribution in [0.3, 0.4) is 0 Å². The third kappa shape index (κ3) is 2.19. The van der Waals surface area contributed by atoms with E-state index in [1.165, 1.54) is 0 Å². The molecular weight excluding hydrogens is 173 g/mol. The summed E-state index contributed by atoms with van der Waals surface area (Å²) in [7, 11) is -2.50. The van der Waals surface area contributed by atoms with Crippen LogP contribution in [0.1, 0.15) is 19.8 Å². The van der Waals surface area contributed by atoms with Gasteiger partial charge in [-0.05, 0) is 19.8 Å². The SMILES string of the molecule is CCOP(C)(=O)C1=CC[C@H](N)C1. The molecule has 0 heterocycles. The zero-order chi connectivity index (χ0) is 9.19. The van der Waals surface area contributed by atoms with Crippen molar-refractivity contribution in [3.05, 3.63) is 11.4 Å². The summed E-state index contributed by atoms with van der Waals surface area (Å²) in [5.74, 6) is 0. The zero-order valence-electron chi connectivity index (χ0n) is 7.62. The highest BCUT2D eigenvalue weighted by Gasteiger charge is 2.26. The van der Waals surface area contributed by atoms with Crippen LogP contribution in [0.25, 0.3) is 0 Å². The second-order valence-corrected chi connectivity index (χ2v) is 5.68. The standard InChI is InChI=1S/C8H16NO2P/c1-3-11-12(2,10)8-5-4-7(9)6-8/h5,7H,3-4,6,9H2,1-2H3/t7-,12?/m0/s1. The van der Waals surface area contributed by atoms with E-state index in [4.69, 9.17) is 10.3 Å². The number of hydrogen-bond acceptors (Lipinski definition) is 3. The Balaban J connectivity index is 2.64. The fourth-order valence-electron chi connectivity index (χ4n) is 1.38. The third-order valence-corrected chi connectivity index (χ3v) is 4.18. The van der Waals surface area contributed by atoms with Crippen molar-refractivity contribution in [1.29, 1.82) is 0 Å². The minimum Gasteiger partial charge on any atom is -0.327 e. The molecule has 0 saturated heterocycles. The van der Waals surface area contributed by atoms with E-state index in [9.17, 15) is 4.57 Å². The summed E-state index contributed by atoms with van der Waals surface area (Å²) < 4.78 is 17.0. The summed E-state index contributed by atoms with van der Waals surface area (Å²) >= 11 is 0. The molecule has 0 fully saturated rings. The first-order valence-electron chi connectivity index (χ1n) is 4.23. The zero-order valence-corrected chi connectivity index (χ0v) is 8.51. The monoisotopic (exact) mass is 189 g/mol. The second kappa shape index (κ2) is 3.73. The van der Waals surface area contributed by atoms with E-state index in [2.05, 4.69) is 0 Å². The molecule has 1 aliphatic rings. The first kappa shape index (κ1) is 9.97. The van der Waals surface area contributed by atoms with Crippen molar-refractivity contribution in [2.24, 2.45) is 5.73 Å². The van der Waals surface area contributed by atoms with Gasteiger partial charge in [0.05, 0.1) is 6.61 Å². The molecule has 0 aromatic heterocycles. The summed E-state index contributed by atoms with van der Waals surface area (Å²) in [6.07, 6.45) is 3.52. The van der Waals surface area contributed by atoms with E-state index >= 15 is 0 Å². The van der Waals surface area contributed by atoms with Gasteiger partial charge in [0.2, 0.25) is 7.37 Å². The Morgan fingerprint density at radius 1 is 1.83 bits per heavy atom. The molecule has 3 nitrogen and oxygen atoms in total. The molecular formula is C8H16NO2P. The average molecular weight is 189 g/mol. The molecule has 0 radical (unpaired) electrons. The fraction of sp³-hybridized carbons (Fsp3) is 0.750. The minimum atomic E-state index is -2.50. The van der Waals surface area contributed by atoms with Crippen LogP contribution in [0.4, 0.5) is 0 Å². The molecule has 0 amide bonds. The van der Waals surface area contributed by atoms with Gasteiger partial charge >= 0.3 is 0 Å². The predicted molar refractivity (Wildman–Crippen MR) is 50.4 cm³/mol. The first-order chi connectivity index (χ1) is 5.56. The van der Waals surface area contributed by atoms with Crippen LogP contribution in [0.15, 0.2) is 11.4 Å². The van der Waals surface area contributed by atoms with E-state index in [0.29, 0.717) is 6.61 Å². The van der Waals surface area contributed by atoms with Crippen molar-refractivity contribution in [1.82, 2.24) is 0 Å². The van der Waals surface area contributed by atoms with Crippen LogP contribution in [-0.4, -0.2) is 19.3 Å².